The molecule has 10 aromatic rings. The van der Waals surface area contributed by atoms with Crippen LogP contribution in [0.2, 0.25) is 0 Å². The zero-order valence-corrected chi connectivity index (χ0v) is 27.3. The molecule has 0 N–H and O–H groups in total. The van der Waals surface area contributed by atoms with E-state index >= 15 is 0 Å². The molecule has 0 unspecified atom stereocenters. The van der Waals surface area contributed by atoms with Crippen molar-refractivity contribution in [3.8, 4) is 22.3 Å². The minimum Gasteiger partial charge on any atom is -0.456 e. The Kier molecular flexibility index (Phi) is 6.39. The van der Waals surface area contributed by atoms with Gasteiger partial charge in [0.1, 0.15) is 11.2 Å². The van der Waals surface area contributed by atoms with Crippen LogP contribution in [0.25, 0.3) is 75.1 Å². The molecule has 0 saturated heterocycles. The third-order valence-corrected chi connectivity index (χ3v) is 10.9. The lowest BCUT2D eigenvalue weighted by Crippen LogP contribution is -2.10. The molecule has 0 atom stereocenters. The fourth-order valence-electron chi connectivity index (χ4n) is 7.41. The summed E-state index contributed by atoms with van der Waals surface area (Å²) in [6, 6.07) is 63.2. The molecule has 49 heavy (non-hydrogen) atoms. The molecule has 0 fully saturated rings. The zero-order valence-electron chi connectivity index (χ0n) is 26.5. The highest BCUT2D eigenvalue weighted by molar-refractivity contribution is 7.26. The van der Waals surface area contributed by atoms with Gasteiger partial charge in [-0.15, -0.1) is 11.3 Å². The molecule has 0 bridgehead atoms. The molecular weight excluding hydrogens is 615 g/mol. The maximum Gasteiger partial charge on any atom is 0.137 e. The summed E-state index contributed by atoms with van der Waals surface area (Å²) in [6.45, 7) is 0. The number of rotatable bonds is 5. The standard InChI is InChI=1S/C46H29NOS/c1-2-12-32(13-3-1)45-35-14-5-4-11-30(35)23-27-36(45)31-21-24-33(25-22-31)47(34-26-28-38-37-15-6-8-19-42(37)48-43(38)29-34)41-18-10-17-40-39-16-7-9-20-44(39)49-46(40)41/h1-29H. The van der Waals surface area contributed by atoms with Crippen LogP contribution in [0.4, 0.5) is 17.1 Å². The van der Waals surface area contributed by atoms with Crippen molar-refractivity contribution in [1.82, 2.24) is 0 Å². The normalized spacial score (nSPS) is 11.7. The monoisotopic (exact) mass is 643 g/mol. The van der Waals surface area contributed by atoms with Gasteiger partial charge >= 0.3 is 0 Å². The van der Waals surface area contributed by atoms with Crippen molar-refractivity contribution in [2.75, 3.05) is 4.90 Å². The van der Waals surface area contributed by atoms with E-state index in [-0.39, 0.29) is 0 Å². The number of benzene rings is 8. The number of thiophene rings is 1. The highest BCUT2D eigenvalue weighted by Gasteiger charge is 2.20. The van der Waals surface area contributed by atoms with Gasteiger partial charge in [-0.2, -0.15) is 0 Å². The minimum absolute atomic E-state index is 0.882. The quantitative estimate of drug-likeness (QED) is 0.186. The Balaban J connectivity index is 1.17. The van der Waals surface area contributed by atoms with Crippen LogP contribution in [0.5, 0.6) is 0 Å². The summed E-state index contributed by atoms with van der Waals surface area (Å²) in [5, 5.41) is 7.32. The van der Waals surface area contributed by atoms with Gasteiger partial charge in [0.05, 0.1) is 10.4 Å². The maximum absolute atomic E-state index is 6.39. The lowest BCUT2D eigenvalue weighted by atomic mass is 9.90. The second-order valence-corrected chi connectivity index (χ2v) is 13.5. The summed E-state index contributed by atoms with van der Waals surface area (Å²) in [7, 11) is 0. The van der Waals surface area contributed by atoms with E-state index in [1.54, 1.807) is 0 Å². The Morgan fingerprint density at radius 3 is 2.00 bits per heavy atom. The fraction of sp³-hybridized carbons (Fsp3) is 0. The van der Waals surface area contributed by atoms with Crippen molar-refractivity contribution < 1.29 is 4.42 Å². The van der Waals surface area contributed by atoms with E-state index in [0.717, 1.165) is 39.0 Å². The number of fused-ring (bicyclic) bond motifs is 7. The first-order valence-corrected chi connectivity index (χ1v) is 17.4. The van der Waals surface area contributed by atoms with Gasteiger partial charge in [-0.3, -0.25) is 0 Å². The first kappa shape index (κ1) is 27.9. The van der Waals surface area contributed by atoms with Crippen LogP contribution in [-0.4, -0.2) is 0 Å². The van der Waals surface area contributed by atoms with Crippen molar-refractivity contribution in [3.63, 3.8) is 0 Å². The van der Waals surface area contributed by atoms with Gasteiger partial charge in [-0.25, -0.2) is 0 Å². The number of hydrogen-bond donors (Lipinski definition) is 0. The van der Waals surface area contributed by atoms with E-state index in [4.69, 9.17) is 4.42 Å². The molecule has 8 aromatic carbocycles. The van der Waals surface area contributed by atoms with Gasteiger partial charge in [0.25, 0.3) is 0 Å². The largest absolute Gasteiger partial charge is 0.456 e. The minimum atomic E-state index is 0.882. The number of para-hydroxylation sites is 1. The summed E-state index contributed by atoms with van der Waals surface area (Å²) in [5.74, 6) is 0. The summed E-state index contributed by atoms with van der Waals surface area (Å²) < 4.78 is 8.95. The van der Waals surface area contributed by atoms with Crippen LogP contribution in [0.1, 0.15) is 0 Å². The Morgan fingerprint density at radius 1 is 0.429 bits per heavy atom. The fourth-order valence-corrected chi connectivity index (χ4v) is 8.61. The third kappa shape index (κ3) is 4.55. The molecule has 0 radical (unpaired) electrons. The van der Waals surface area contributed by atoms with Gasteiger partial charge in [-0.1, -0.05) is 127 Å². The van der Waals surface area contributed by atoms with Crippen LogP contribution < -0.4 is 4.90 Å². The van der Waals surface area contributed by atoms with E-state index < -0.39 is 0 Å². The number of nitrogens with zero attached hydrogens (tertiary/aromatic N) is 1. The molecule has 2 nitrogen and oxygen atoms in total. The molecule has 2 aromatic heterocycles. The van der Waals surface area contributed by atoms with E-state index in [1.165, 1.54) is 53.2 Å². The molecule has 0 aliphatic heterocycles. The molecule has 0 spiro atoms. The van der Waals surface area contributed by atoms with E-state index in [0.29, 0.717) is 0 Å². The first-order chi connectivity index (χ1) is 24.3. The Bertz CT molecular complexity index is 2830. The highest BCUT2D eigenvalue weighted by atomic mass is 32.1. The average Bonchev–Trinajstić information content (AvgIpc) is 3.74. The molecule has 10 rings (SSSR count). The molecule has 3 heteroatoms. The molecular formula is C46H29NOS. The summed E-state index contributed by atoms with van der Waals surface area (Å²) in [4.78, 5) is 2.38. The Hall–Kier alpha value is -6.16. The highest BCUT2D eigenvalue weighted by Crippen LogP contribution is 2.46. The van der Waals surface area contributed by atoms with Crippen LogP contribution in [0.3, 0.4) is 0 Å². The lowest BCUT2D eigenvalue weighted by Gasteiger charge is -2.26. The van der Waals surface area contributed by atoms with Gasteiger partial charge in [0.2, 0.25) is 0 Å². The lowest BCUT2D eigenvalue weighted by molar-refractivity contribution is 0.669. The van der Waals surface area contributed by atoms with Gasteiger partial charge in [0.15, 0.2) is 0 Å². The van der Waals surface area contributed by atoms with Crippen LogP contribution in [0, 0.1) is 0 Å². The second kappa shape index (κ2) is 11.2. The number of hydrogen-bond acceptors (Lipinski definition) is 3. The van der Waals surface area contributed by atoms with Crippen molar-refractivity contribution >= 4 is 81.3 Å². The topological polar surface area (TPSA) is 16.4 Å². The third-order valence-electron chi connectivity index (χ3n) is 9.67. The van der Waals surface area contributed by atoms with Crippen LogP contribution >= 0.6 is 11.3 Å². The Morgan fingerprint density at radius 2 is 1.12 bits per heavy atom. The smallest absolute Gasteiger partial charge is 0.137 e. The van der Waals surface area contributed by atoms with Crippen molar-refractivity contribution in [2.45, 2.75) is 0 Å². The number of furan rings is 1. The summed E-state index contributed by atoms with van der Waals surface area (Å²) in [5.41, 5.74) is 9.96. The van der Waals surface area contributed by atoms with Crippen LogP contribution in [-0.2, 0) is 0 Å². The van der Waals surface area contributed by atoms with Gasteiger partial charge in [0, 0.05) is 43.7 Å². The maximum atomic E-state index is 6.39. The average molecular weight is 644 g/mol. The van der Waals surface area contributed by atoms with E-state index in [2.05, 4.69) is 169 Å². The van der Waals surface area contributed by atoms with Crippen molar-refractivity contribution in [1.29, 1.82) is 0 Å². The summed E-state index contributed by atoms with van der Waals surface area (Å²) >= 11 is 1.85. The zero-order chi connectivity index (χ0) is 32.3. The second-order valence-electron chi connectivity index (χ2n) is 12.5. The Labute approximate surface area is 287 Å². The summed E-state index contributed by atoms with van der Waals surface area (Å²) in [6.07, 6.45) is 0. The molecule has 230 valence electrons. The van der Waals surface area contributed by atoms with Crippen molar-refractivity contribution in [2.24, 2.45) is 0 Å². The molecule has 0 aliphatic carbocycles. The van der Waals surface area contributed by atoms with Gasteiger partial charge < -0.3 is 9.32 Å². The predicted molar refractivity (Wildman–Crippen MR) is 210 cm³/mol. The van der Waals surface area contributed by atoms with Gasteiger partial charge in [-0.05, 0) is 75.5 Å². The van der Waals surface area contributed by atoms with E-state index in [1.807, 2.05) is 23.5 Å². The first-order valence-electron chi connectivity index (χ1n) is 16.6. The van der Waals surface area contributed by atoms with Crippen LogP contribution in [0.15, 0.2) is 180 Å². The predicted octanol–water partition coefficient (Wildman–Crippen LogP) is 13.9. The molecule has 2 heterocycles. The number of anilines is 3. The molecule has 0 saturated carbocycles. The SMILES string of the molecule is c1ccc(-c2c(-c3ccc(N(c4ccc5c(c4)oc4ccccc45)c4cccc5c4sc4ccccc45)cc3)ccc3ccccc23)cc1. The van der Waals surface area contributed by atoms with E-state index in [9.17, 15) is 0 Å². The molecule has 0 aliphatic rings. The molecule has 0 amide bonds. The van der Waals surface area contributed by atoms with Crippen molar-refractivity contribution in [3.05, 3.63) is 176 Å².